The van der Waals surface area contributed by atoms with Crippen molar-refractivity contribution in [2.24, 2.45) is 0 Å². The van der Waals surface area contributed by atoms with Crippen molar-refractivity contribution in [3.63, 3.8) is 0 Å². The SMILES string of the molecule is O=C(F)OCCCC(CCOC(=O)CF)OC(=O)C(F)(F)S(=O)(=O)F.O=S(=O)(F)CF.O=S(=O)(F)F. The number of carbonyl (C=O) groups excluding carboxylic acids is 3. The lowest BCUT2D eigenvalue weighted by atomic mass is 10.1. The summed E-state index contributed by atoms with van der Waals surface area (Å²) in [5, 5.41) is -5.47. The predicted octanol–water partition coefficient (Wildman–Crippen LogP) is 1.96. The lowest BCUT2D eigenvalue weighted by Crippen LogP contribution is -2.39. The van der Waals surface area contributed by atoms with E-state index in [4.69, 9.17) is 16.8 Å². The molecule has 0 fully saturated rings. The molecule has 0 aromatic heterocycles. The highest BCUT2D eigenvalue weighted by Crippen LogP contribution is 2.26. The maximum atomic E-state index is 13.0. The summed E-state index contributed by atoms with van der Waals surface area (Å²) in [4.78, 5) is 31.6. The summed E-state index contributed by atoms with van der Waals surface area (Å²) in [7, 11) is -17.1. The van der Waals surface area contributed by atoms with Gasteiger partial charge in [-0.15, -0.1) is 8.28 Å². The van der Waals surface area contributed by atoms with Crippen LogP contribution >= 0.6 is 0 Å². The monoisotopic (exact) mass is 618 g/mol. The van der Waals surface area contributed by atoms with E-state index in [0.717, 1.165) is 0 Å². The molecule has 0 N–H and O–H groups in total. The largest absolute Gasteiger partial charge is 0.495 e. The quantitative estimate of drug-likeness (QED) is 0.102. The van der Waals surface area contributed by atoms with Gasteiger partial charge in [0.15, 0.2) is 6.67 Å². The van der Waals surface area contributed by atoms with E-state index < -0.39 is 92.9 Å². The molecule has 0 radical (unpaired) electrons. The lowest BCUT2D eigenvalue weighted by Gasteiger charge is -2.19. The molecular formula is C12H15F9O12S3. The van der Waals surface area contributed by atoms with Gasteiger partial charge in [0.1, 0.15) is 6.10 Å². The number of carbonyl (C=O) groups is 3. The highest BCUT2D eigenvalue weighted by molar-refractivity contribution is 7.88. The smallest absolute Gasteiger partial charge is 0.464 e. The minimum Gasteiger partial charge on any atom is -0.464 e. The third-order valence-corrected chi connectivity index (χ3v) is 3.69. The summed E-state index contributed by atoms with van der Waals surface area (Å²) in [6, 6.07) is -1.92. The van der Waals surface area contributed by atoms with Crippen molar-refractivity contribution in [3.05, 3.63) is 0 Å². The van der Waals surface area contributed by atoms with Gasteiger partial charge in [-0.05, 0) is 12.8 Å². The molecule has 1 unspecified atom stereocenters. The molecule has 0 bridgehead atoms. The Morgan fingerprint density at radius 2 is 1.25 bits per heavy atom. The van der Waals surface area contributed by atoms with Gasteiger partial charge in [-0.2, -0.15) is 34.0 Å². The van der Waals surface area contributed by atoms with Crippen LogP contribution < -0.4 is 0 Å². The zero-order chi connectivity index (χ0) is 29.4. The fourth-order valence-corrected chi connectivity index (χ4v) is 1.64. The van der Waals surface area contributed by atoms with Gasteiger partial charge in [0.05, 0.1) is 13.2 Å². The maximum absolute atomic E-state index is 13.0. The van der Waals surface area contributed by atoms with Gasteiger partial charge in [0, 0.05) is 6.42 Å². The average molecular weight is 618 g/mol. The number of hydrogen-bond donors (Lipinski definition) is 0. The maximum Gasteiger partial charge on any atom is 0.495 e. The molecule has 216 valence electrons. The van der Waals surface area contributed by atoms with Crippen molar-refractivity contribution in [2.75, 3.05) is 25.9 Å². The van der Waals surface area contributed by atoms with Crippen molar-refractivity contribution in [1.29, 1.82) is 0 Å². The first-order valence-electron chi connectivity index (χ1n) is 8.17. The molecule has 0 amide bonds. The summed E-state index contributed by atoms with van der Waals surface area (Å²) >= 11 is 0. The molecule has 0 aromatic carbocycles. The Bertz CT molecular complexity index is 1010. The Balaban J connectivity index is -0.000000818. The lowest BCUT2D eigenvalue weighted by molar-refractivity contribution is -0.168. The van der Waals surface area contributed by atoms with Crippen LogP contribution in [0.1, 0.15) is 19.3 Å². The third-order valence-electron chi connectivity index (χ3n) is 2.65. The molecule has 0 aliphatic rings. The predicted molar refractivity (Wildman–Crippen MR) is 95.2 cm³/mol. The van der Waals surface area contributed by atoms with Crippen molar-refractivity contribution in [2.45, 2.75) is 30.6 Å². The average Bonchev–Trinajstić information content (AvgIpc) is 2.68. The van der Waals surface area contributed by atoms with E-state index in [0.29, 0.717) is 0 Å². The molecule has 0 heterocycles. The van der Waals surface area contributed by atoms with E-state index >= 15 is 0 Å². The van der Waals surface area contributed by atoms with E-state index in [2.05, 4.69) is 14.2 Å². The fourth-order valence-electron chi connectivity index (χ4n) is 1.39. The molecule has 0 aliphatic heterocycles. The van der Waals surface area contributed by atoms with E-state index in [1.54, 1.807) is 0 Å². The van der Waals surface area contributed by atoms with Crippen molar-refractivity contribution in [1.82, 2.24) is 0 Å². The van der Waals surface area contributed by atoms with E-state index in [9.17, 15) is 60.3 Å². The number of alkyl halides is 4. The molecule has 0 saturated carbocycles. The molecule has 0 aromatic rings. The molecule has 12 nitrogen and oxygen atoms in total. The van der Waals surface area contributed by atoms with Gasteiger partial charge in [-0.3, -0.25) is 0 Å². The summed E-state index contributed by atoms with van der Waals surface area (Å²) < 4.78 is 171. The highest BCUT2D eigenvalue weighted by atomic mass is 32.3. The summed E-state index contributed by atoms with van der Waals surface area (Å²) in [5.74, 6) is -4.02. The Morgan fingerprint density at radius 3 is 1.58 bits per heavy atom. The molecule has 36 heavy (non-hydrogen) atoms. The molecular weight excluding hydrogens is 603 g/mol. The highest BCUT2D eigenvalue weighted by Gasteiger charge is 2.56. The Morgan fingerprint density at radius 1 is 0.806 bits per heavy atom. The second-order valence-corrected chi connectivity index (χ2v) is 8.82. The topological polar surface area (TPSA) is 181 Å². The normalized spacial score (nSPS) is 12.6. The standard InChI is InChI=1S/C11H13F5O8S.CH2F2O2S.F2O2S/c12-6-8(17)22-5-3-7(2-1-4-23-10(13)19)24-9(18)11(14,15)25(16,20)21;2-1-6(3,4)5;1-5(2,3)4/h7H,1-6H2;1H2;. The van der Waals surface area contributed by atoms with Gasteiger partial charge < -0.3 is 14.2 Å². The van der Waals surface area contributed by atoms with Gasteiger partial charge in [0.2, 0.25) is 6.01 Å². The van der Waals surface area contributed by atoms with Crippen LogP contribution in [-0.2, 0) is 54.9 Å². The molecule has 0 spiro atoms. The summed E-state index contributed by atoms with van der Waals surface area (Å²) in [6.07, 6.45) is -4.73. The minimum absolute atomic E-state index is 0.224. The van der Waals surface area contributed by atoms with Gasteiger partial charge in [-0.25, -0.2) is 23.2 Å². The molecule has 24 heteroatoms. The number of hydrogen-bond acceptors (Lipinski definition) is 12. The summed E-state index contributed by atoms with van der Waals surface area (Å²) in [6.45, 7) is -2.61. The van der Waals surface area contributed by atoms with Crippen molar-refractivity contribution >= 4 is 49.2 Å². The molecule has 0 aliphatic carbocycles. The van der Waals surface area contributed by atoms with Crippen LogP contribution in [-0.4, -0.2) is 80.7 Å². The number of halogens is 9. The first-order valence-corrected chi connectivity index (χ1v) is 12.4. The zero-order valence-corrected chi connectivity index (χ0v) is 19.5. The Hall–Kier alpha value is -2.37. The molecule has 1 atom stereocenters. The fraction of sp³-hybridized carbons (Fsp3) is 0.750. The molecule has 0 rings (SSSR count). The van der Waals surface area contributed by atoms with Gasteiger partial charge >= 0.3 is 54.5 Å². The molecule has 0 saturated heterocycles. The number of esters is 2. The van der Waals surface area contributed by atoms with Crippen LogP contribution in [0, 0.1) is 0 Å². The van der Waals surface area contributed by atoms with E-state index in [1.807, 2.05) is 0 Å². The van der Waals surface area contributed by atoms with Gasteiger partial charge in [-0.1, -0.05) is 11.7 Å². The second kappa shape index (κ2) is 17.1. The summed E-state index contributed by atoms with van der Waals surface area (Å²) in [5.41, 5.74) is 0. The van der Waals surface area contributed by atoms with Crippen LogP contribution in [0.15, 0.2) is 0 Å². The first-order chi connectivity index (χ1) is 16.0. The van der Waals surface area contributed by atoms with E-state index in [1.165, 1.54) is 0 Å². The number of rotatable bonds is 12. The first kappa shape index (κ1) is 38.2. The van der Waals surface area contributed by atoms with Crippen LogP contribution in [0.25, 0.3) is 0 Å². The van der Waals surface area contributed by atoms with Crippen LogP contribution in [0.5, 0.6) is 0 Å². The van der Waals surface area contributed by atoms with Gasteiger partial charge in [0.25, 0.3) is 0 Å². The Kier molecular flexibility index (Phi) is 18.2. The van der Waals surface area contributed by atoms with Crippen molar-refractivity contribution < 1.29 is 91.3 Å². The third kappa shape index (κ3) is 24.7. The van der Waals surface area contributed by atoms with E-state index in [-0.39, 0.29) is 12.8 Å². The minimum atomic E-state index is -6.58. The van der Waals surface area contributed by atoms with Crippen LogP contribution in [0.4, 0.5) is 42.3 Å². The number of ether oxygens (including phenoxy) is 3. The Labute approximate surface area is 197 Å². The zero-order valence-electron chi connectivity index (χ0n) is 17.1. The van der Waals surface area contributed by atoms with Crippen molar-refractivity contribution in [3.8, 4) is 0 Å². The second-order valence-electron chi connectivity index (χ2n) is 5.38. The van der Waals surface area contributed by atoms with Crippen LogP contribution in [0.2, 0.25) is 0 Å². The van der Waals surface area contributed by atoms with Crippen LogP contribution in [0.3, 0.4) is 0 Å².